The van der Waals surface area contributed by atoms with E-state index in [2.05, 4.69) is 29.8 Å². The van der Waals surface area contributed by atoms with Crippen molar-refractivity contribution in [2.45, 2.75) is 52.5 Å². The van der Waals surface area contributed by atoms with E-state index in [4.69, 9.17) is 5.73 Å². The van der Waals surface area contributed by atoms with Crippen LogP contribution in [-0.4, -0.2) is 16.3 Å². The Bertz CT molecular complexity index is 280. The van der Waals surface area contributed by atoms with Crippen LogP contribution in [0.3, 0.4) is 0 Å². The van der Waals surface area contributed by atoms with Gasteiger partial charge in [-0.05, 0) is 30.9 Å². The van der Waals surface area contributed by atoms with Crippen molar-refractivity contribution >= 4 is 0 Å². The molecular formula is C13H25N3. The first-order chi connectivity index (χ1) is 7.80. The summed E-state index contributed by atoms with van der Waals surface area (Å²) in [6.45, 7) is 6.28. The first-order valence-electron chi connectivity index (χ1n) is 6.51. The second kappa shape index (κ2) is 7.44. The molecule has 0 radical (unpaired) electrons. The van der Waals surface area contributed by atoms with Crippen LogP contribution in [0, 0.1) is 5.92 Å². The Morgan fingerprint density at radius 3 is 2.88 bits per heavy atom. The Kier molecular flexibility index (Phi) is 6.16. The van der Waals surface area contributed by atoms with Gasteiger partial charge < -0.3 is 5.73 Å². The lowest BCUT2D eigenvalue weighted by molar-refractivity contribution is 0.372. The molecule has 0 bridgehead atoms. The number of hydrogen-bond donors (Lipinski definition) is 1. The molecule has 0 spiro atoms. The van der Waals surface area contributed by atoms with Crippen LogP contribution in [0.5, 0.6) is 0 Å². The van der Waals surface area contributed by atoms with E-state index in [-0.39, 0.29) is 0 Å². The number of rotatable bonds is 8. The van der Waals surface area contributed by atoms with Gasteiger partial charge in [-0.3, -0.25) is 4.68 Å². The number of aromatic nitrogens is 2. The molecule has 1 atom stereocenters. The Labute approximate surface area is 99.0 Å². The summed E-state index contributed by atoms with van der Waals surface area (Å²) in [6.07, 6.45) is 10.2. The molecule has 0 saturated carbocycles. The number of nitrogens with zero attached hydrogens (tertiary/aromatic N) is 2. The lowest BCUT2D eigenvalue weighted by Crippen LogP contribution is -2.10. The van der Waals surface area contributed by atoms with Crippen LogP contribution < -0.4 is 5.73 Å². The van der Waals surface area contributed by atoms with Crippen LogP contribution >= 0.6 is 0 Å². The van der Waals surface area contributed by atoms with Gasteiger partial charge in [0.1, 0.15) is 0 Å². The molecule has 1 unspecified atom stereocenters. The predicted molar refractivity (Wildman–Crippen MR) is 68.3 cm³/mol. The van der Waals surface area contributed by atoms with E-state index in [1.165, 1.54) is 31.2 Å². The summed E-state index contributed by atoms with van der Waals surface area (Å²) in [5.41, 5.74) is 6.78. The second-order valence-electron chi connectivity index (χ2n) is 4.53. The van der Waals surface area contributed by atoms with Gasteiger partial charge in [-0.2, -0.15) is 5.10 Å². The molecule has 1 aromatic heterocycles. The van der Waals surface area contributed by atoms with Gasteiger partial charge in [-0.1, -0.05) is 33.1 Å². The molecule has 0 aliphatic carbocycles. The smallest absolute Gasteiger partial charge is 0.0522 e. The Balaban J connectivity index is 2.43. The molecule has 0 amide bonds. The lowest BCUT2D eigenvalue weighted by Gasteiger charge is -2.14. The zero-order chi connectivity index (χ0) is 11.8. The summed E-state index contributed by atoms with van der Waals surface area (Å²) < 4.78 is 2.08. The minimum atomic E-state index is 0.707. The molecule has 1 rings (SSSR count). The molecule has 1 aromatic rings. The van der Waals surface area contributed by atoms with Crippen molar-refractivity contribution < 1.29 is 0 Å². The molecule has 0 aliphatic rings. The molecule has 3 nitrogen and oxygen atoms in total. The van der Waals surface area contributed by atoms with Crippen molar-refractivity contribution in [2.24, 2.45) is 11.7 Å². The molecule has 0 saturated heterocycles. The summed E-state index contributed by atoms with van der Waals surface area (Å²) in [5.74, 6) is 0.769. The summed E-state index contributed by atoms with van der Waals surface area (Å²) in [7, 11) is 0. The van der Waals surface area contributed by atoms with Crippen molar-refractivity contribution in [1.82, 2.24) is 9.78 Å². The normalized spacial score (nSPS) is 12.9. The first kappa shape index (κ1) is 13.2. The van der Waals surface area contributed by atoms with Gasteiger partial charge in [0.2, 0.25) is 0 Å². The van der Waals surface area contributed by atoms with Gasteiger partial charge in [0.05, 0.1) is 6.20 Å². The summed E-state index contributed by atoms with van der Waals surface area (Å²) in [6, 6.07) is 0. The van der Waals surface area contributed by atoms with Crippen LogP contribution in [0.15, 0.2) is 12.4 Å². The predicted octanol–water partition coefficient (Wildman–Crippen LogP) is 2.60. The number of unbranched alkanes of at least 4 members (excludes halogenated alkanes) is 1. The van der Waals surface area contributed by atoms with Gasteiger partial charge in [0.25, 0.3) is 0 Å². The minimum absolute atomic E-state index is 0.707. The summed E-state index contributed by atoms with van der Waals surface area (Å²) in [5, 5.41) is 4.39. The molecule has 0 fully saturated rings. The fourth-order valence-corrected chi connectivity index (χ4v) is 1.98. The van der Waals surface area contributed by atoms with Gasteiger partial charge in [0.15, 0.2) is 0 Å². The third-order valence-corrected chi connectivity index (χ3v) is 3.11. The van der Waals surface area contributed by atoms with Crippen molar-refractivity contribution in [3.05, 3.63) is 18.0 Å². The van der Waals surface area contributed by atoms with Gasteiger partial charge in [-0.15, -0.1) is 0 Å². The van der Waals surface area contributed by atoms with E-state index in [1.807, 2.05) is 6.20 Å². The zero-order valence-electron chi connectivity index (χ0n) is 10.7. The van der Waals surface area contributed by atoms with Crippen LogP contribution in [0.1, 0.15) is 45.1 Å². The fourth-order valence-electron chi connectivity index (χ4n) is 1.98. The SMILES string of the molecule is CCCCC(CC)Cn1cc(CCN)cn1. The van der Waals surface area contributed by atoms with Crippen molar-refractivity contribution in [3.63, 3.8) is 0 Å². The number of hydrogen-bond acceptors (Lipinski definition) is 2. The van der Waals surface area contributed by atoms with Crippen LogP contribution in [0.25, 0.3) is 0 Å². The lowest BCUT2D eigenvalue weighted by atomic mass is 9.99. The van der Waals surface area contributed by atoms with E-state index in [9.17, 15) is 0 Å². The van der Waals surface area contributed by atoms with Crippen molar-refractivity contribution in [3.8, 4) is 0 Å². The monoisotopic (exact) mass is 223 g/mol. The van der Waals surface area contributed by atoms with Gasteiger partial charge in [-0.25, -0.2) is 0 Å². The highest BCUT2D eigenvalue weighted by atomic mass is 15.3. The van der Waals surface area contributed by atoms with Crippen LogP contribution in [-0.2, 0) is 13.0 Å². The summed E-state index contributed by atoms with van der Waals surface area (Å²) >= 11 is 0. The molecule has 2 N–H and O–H groups in total. The minimum Gasteiger partial charge on any atom is -0.330 e. The Morgan fingerprint density at radius 2 is 2.25 bits per heavy atom. The second-order valence-corrected chi connectivity index (χ2v) is 4.53. The van der Waals surface area contributed by atoms with E-state index >= 15 is 0 Å². The zero-order valence-corrected chi connectivity index (χ0v) is 10.7. The molecule has 1 heterocycles. The average Bonchev–Trinajstić information content (AvgIpc) is 2.72. The van der Waals surface area contributed by atoms with Crippen molar-refractivity contribution in [1.29, 1.82) is 0 Å². The molecule has 92 valence electrons. The van der Waals surface area contributed by atoms with E-state index in [1.54, 1.807) is 0 Å². The molecule has 16 heavy (non-hydrogen) atoms. The molecule has 3 heteroatoms. The fraction of sp³-hybridized carbons (Fsp3) is 0.769. The molecule has 0 aliphatic heterocycles. The summed E-state index contributed by atoms with van der Waals surface area (Å²) in [4.78, 5) is 0. The topological polar surface area (TPSA) is 43.8 Å². The van der Waals surface area contributed by atoms with Crippen molar-refractivity contribution in [2.75, 3.05) is 6.54 Å². The van der Waals surface area contributed by atoms with Crippen LogP contribution in [0.2, 0.25) is 0 Å². The maximum atomic E-state index is 5.53. The van der Waals surface area contributed by atoms with Crippen LogP contribution in [0.4, 0.5) is 0 Å². The highest BCUT2D eigenvalue weighted by Crippen LogP contribution is 2.15. The maximum absolute atomic E-state index is 5.53. The van der Waals surface area contributed by atoms with E-state index < -0.39 is 0 Å². The standard InChI is InChI=1S/C13H25N3/c1-3-5-6-12(4-2)10-16-11-13(7-8-14)9-15-16/h9,11-12H,3-8,10,14H2,1-2H3. The number of nitrogens with two attached hydrogens (primary N) is 1. The average molecular weight is 223 g/mol. The largest absolute Gasteiger partial charge is 0.330 e. The highest BCUT2D eigenvalue weighted by molar-refractivity contribution is 5.04. The molecular weight excluding hydrogens is 198 g/mol. The third kappa shape index (κ3) is 4.35. The van der Waals surface area contributed by atoms with E-state index in [0.29, 0.717) is 6.54 Å². The molecule has 0 aromatic carbocycles. The Hall–Kier alpha value is -0.830. The highest BCUT2D eigenvalue weighted by Gasteiger charge is 2.07. The van der Waals surface area contributed by atoms with Gasteiger partial charge in [0, 0.05) is 12.7 Å². The first-order valence-corrected chi connectivity index (χ1v) is 6.51. The van der Waals surface area contributed by atoms with E-state index in [0.717, 1.165) is 18.9 Å². The third-order valence-electron chi connectivity index (χ3n) is 3.11. The maximum Gasteiger partial charge on any atom is 0.0522 e. The quantitative estimate of drug-likeness (QED) is 0.736. The van der Waals surface area contributed by atoms with Gasteiger partial charge >= 0.3 is 0 Å². The Morgan fingerprint density at radius 1 is 1.44 bits per heavy atom.